The van der Waals surface area contributed by atoms with Gasteiger partial charge in [0.15, 0.2) is 5.82 Å². The molecule has 0 bridgehead atoms. The first-order chi connectivity index (χ1) is 10.1. The van der Waals surface area contributed by atoms with E-state index in [0.717, 1.165) is 25.7 Å². The molecule has 2 amide bonds. The Morgan fingerprint density at radius 3 is 2.52 bits per heavy atom. The lowest BCUT2D eigenvalue weighted by atomic mass is 9.80. The van der Waals surface area contributed by atoms with E-state index in [-0.39, 0.29) is 13.1 Å². The number of amides is 2. The van der Waals surface area contributed by atoms with E-state index in [0.29, 0.717) is 18.7 Å². The summed E-state index contributed by atoms with van der Waals surface area (Å²) >= 11 is 0. The van der Waals surface area contributed by atoms with Gasteiger partial charge in [0.1, 0.15) is 0 Å². The van der Waals surface area contributed by atoms with Gasteiger partial charge in [-0.05, 0) is 12.8 Å². The van der Waals surface area contributed by atoms with Crippen molar-refractivity contribution in [2.75, 3.05) is 6.54 Å². The Morgan fingerprint density at radius 2 is 1.95 bits per heavy atom. The van der Waals surface area contributed by atoms with Crippen molar-refractivity contribution in [2.24, 2.45) is 5.41 Å². The summed E-state index contributed by atoms with van der Waals surface area (Å²) in [5.74, 6) is -0.463. The van der Waals surface area contributed by atoms with E-state index in [2.05, 4.69) is 25.3 Å². The fourth-order valence-corrected chi connectivity index (χ4v) is 2.61. The second-order valence-electron chi connectivity index (χ2n) is 5.38. The van der Waals surface area contributed by atoms with E-state index >= 15 is 0 Å². The third-order valence-corrected chi connectivity index (χ3v) is 3.92. The van der Waals surface area contributed by atoms with Crippen LogP contribution in [-0.4, -0.2) is 33.8 Å². The molecule has 1 heterocycles. The Labute approximate surface area is 122 Å². The van der Waals surface area contributed by atoms with Crippen LogP contribution in [0.15, 0.2) is 10.9 Å². The number of rotatable bonds is 5. The highest BCUT2D eigenvalue weighted by atomic mass is 16.5. The van der Waals surface area contributed by atoms with Crippen LogP contribution in [0, 0.1) is 5.41 Å². The van der Waals surface area contributed by atoms with E-state index in [1.807, 2.05) is 0 Å². The molecule has 2 rings (SSSR count). The van der Waals surface area contributed by atoms with Crippen LogP contribution in [0.5, 0.6) is 0 Å². The highest BCUT2D eigenvalue weighted by molar-refractivity contribution is 5.78. The summed E-state index contributed by atoms with van der Waals surface area (Å²) in [7, 11) is 0. The molecule has 116 valence electrons. The van der Waals surface area contributed by atoms with E-state index < -0.39 is 17.4 Å². The minimum Gasteiger partial charge on any atom is -0.481 e. The largest absolute Gasteiger partial charge is 0.481 e. The van der Waals surface area contributed by atoms with Crippen LogP contribution in [-0.2, 0) is 11.3 Å². The Balaban J connectivity index is 1.83. The first-order valence-corrected chi connectivity index (χ1v) is 7.13. The molecule has 8 nitrogen and oxygen atoms in total. The number of nitrogens with one attached hydrogen (secondary N) is 2. The normalized spacial score (nSPS) is 17.7. The lowest BCUT2D eigenvalue weighted by Gasteiger charge is -2.28. The molecule has 21 heavy (non-hydrogen) atoms. The van der Waals surface area contributed by atoms with Crippen molar-refractivity contribution in [3.05, 3.63) is 12.2 Å². The van der Waals surface area contributed by atoms with Gasteiger partial charge in [0.2, 0.25) is 6.39 Å². The highest BCUT2D eigenvalue weighted by Gasteiger charge is 2.38. The first-order valence-electron chi connectivity index (χ1n) is 7.13. The molecule has 0 atom stereocenters. The summed E-state index contributed by atoms with van der Waals surface area (Å²) in [6.45, 7) is 0.281. The van der Waals surface area contributed by atoms with Gasteiger partial charge in [-0.15, -0.1) is 0 Å². The third-order valence-electron chi connectivity index (χ3n) is 3.92. The molecular weight excluding hydrogens is 276 g/mol. The average Bonchev–Trinajstić information content (AvgIpc) is 2.87. The fourth-order valence-electron chi connectivity index (χ4n) is 2.61. The molecule has 1 aromatic rings. The summed E-state index contributed by atoms with van der Waals surface area (Å²) in [5.41, 5.74) is -0.847. The Bertz CT molecular complexity index is 467. The Morgan fingerprint density at radius 1 is 1.24 bits per heavy atom. The van der Waals surface area contributed by atoms with Gasteiger partial charge in [-0.2, -0.15) is 4.98 Å². The Hall–Kier alpha value is -2.12. The number of carbonyl (C=O) groups excluding carboxylic acids is 1. The van der Waals surface area contributed by atoms with E-state index in [1.165, 1.54) is 6.39 Å². The smallest absolute Gasteiger partial charge is 0.315 e. The van der Waals surface area contributed by atoms with Gasteiger partial charge in [-0.3, -0.25) is 4.79 Å². The summed E-state index contributed by atoms with van der Waals surface area (Å²) < 4.78 is 4.55. The molecule has 0 radical (unpaired) electrons. The summed E-state index contributed by atoms with van der Waals surface area (Å²) in [5, 5.41) is 18.3. The molecule has 1 aliphatic rings. The summed E-state index contributed by atoms with van der Waals surface area (Å²) in [4.78, 5) is 27.1. The molecule has 0 spiro atoms. The van der Waals surface area contributed by atoms with Crippen LogP contribution >= 0.6 is 0 Å². The van der Waals surface area contributed by atoms with Crippen molar-refractivity contribution in [1.29, 1.82) is 0 Å². The second-order valence-corrected chi connectivity index (χ2v) is 5.38. The van der Waals surface area contributed by atoms with Crippen molar-refractivity contribution in [3.63, 3.8) is 0 Å². The summed E-state index contributed by atoms with van der Waals surface area (Å²) in [6, 6.07) is -0.426. The minimum atomic E-state index is -0.847. The van der Waals surface area contributed by atoms with Crippen LogP contribution in [0.25, 0.3) is 0 Å². The van der Waals surface area contributed by atoms with Crippen LogP contribution in [0.1, 0.15) is 44.3 Å². The quantitative estimate of drug-likeness (QED) is 0.705. The maximum Gasteiger partial charge on any atom is 0.315 e. The first kappa shape index (κ1) is 15.3. The lowest BCUT2D eigenvalue weighted by Crippen LogP contribution is -2.46. The molecule has 8 heteroatoms. The molecule has 1 aliphatic carbocycles. The molecule has 1 saturated carbocycles. The molecule has 0 aliphatic heterocycles. The van der Waals surface area contributed by atoms with Gasteiger partial charge >= 0.3 is 12.0 Å². The second kappa shape index (κ2) is 7.05. The van der Waals surface area contributed by atoms with E-state index in [4.69, 9.17) is 0 Å². The molecule has 3 N–H and O–H groups in total. The van der Waals surface area contributed by atoms with Gasteiger partial charge < -0.3 is 20.3 Å². The number of carboxylic acid groups (broad SMARTS) is 1. The lowest BCUT2D eigenvalue weighted by molar-refractivity contribution is -0.149. The highest BCUT2D eigenvalue weighted by Crippen LogP contribution is 2.34. The zero-order valence-electron chi connectivity index (χ0n) is 11.8. The zero-order chi connectivity index (χ0) is 15.1. The number of carbonyl (C=O) groups is 2. The van der Waals surface area contributed by atoms with Gasteiger partial charge in [0.25, 0.3) is 0 Å². The standard InChI is InChI=1S/C13H20N4O4/c18-11(19)13(5-3-1-2-4-6-13)8-15-12(20)14-7-10-16-9-21-17-10/h9H,1-8H2,(H,18,19)(H2,14,15,20). The fraction of sp³-hybridized carbons (Fsp3) is 0.692. The number of hydrogen-bond donors (Lipinski definition) is 3. The maximum atomic E-state index is 11.7. The maximum absolute atomic E-state index is 11.7. The molecule has 0 aromatic carbocycles. The number of carboxylic acids is 1. The van der Waals surface area contributed by atoms with Crippen molar-refractivity contribution < 1.29 is 19.2 Å². The Kier molecular flexibility index (Phi) is 5.13. The van der Waals surface area contributed by atoms with Gasteiger partial charge in [-0.25, -0.2) is 4.79 Å². The monoisotopic (exact) mass is 296 g/mol. The number of aromatic nitrogens is 2. The van der Waals surface area contributed by atoms with Crippen LogP contribution in [0.2, 0.25) is 0 Å². The number of hydrogen-bond acceptors (Lipinski definition) is 5. The van der Waals surface area contributed by atoms with Crippen molar-refractivity contribution >= 4 is 12.0 Å². The van der Waals surface area contributed by atoms with E-state index in [9.17, 15) is 14.7 Å². The van der Waals surface area contributed by atoms with Crippen molar-refractivity contribution in [3.8, 4) is 0 Å². The van der Waals surface area contributed by atoms with Crippen molar-refractivity contribution in [2.45, 2.75) is 45.1 Å². The topological polar surface area (TPSA) is 117 Å². The van der Waals surface area contributed by atoms with Gasteiger partial charge in [0, 0.05) is 6.54 Å². The van der Waals surface area contributed by atoms with Gasteiger partial charge in [0.05, 0.1) is 12.0 Å². The molecule has 1 fully saturated rings. The molecular formula is C13H20N4O4. The summed E-state index contributed by atoms with van der Waals surface area (Å²) in [6.07, 6.45) is 6.27. The predicted molar refractivity (Wildman–Crippen MR) is 72.3 cm³/mol. The van der Waals surface area contributed by atoms with Crippen LogP contribution in [0.4, 0.5) is 4.79 Å². The minimum absolute atomic E-state index is 0.139. The van der Waals surface area contributed by atoms with Gasteiger partial charge in [-0.1, -0.05) is 30.8 Å². The molecule has 0 saturated heterocycles. The SMILES string of the molecule is O=C(NCc1ncon1)NCC1(C(=O)O)CCCCCC1. The average molecular weight is 296 g/mol. The van der Waals surface area contributed by atoms with Crippen LogP contribution < -0.4 is 10.6 Å². The third kappa shape index (κ3) is 4.17. The zero-order valence-corrected chi connectivity index (χ0v) is 11.8. The van der Waals surface area contributed by atoms with Crippen molar-refractivity contribution in [1.82, 2.24) is 20.8 Å². The molecule has 1 aromatic heterocycles. The number of urea groups is 1. The number of nitrogens with zero attached hydrogens (tertiary/aromatic N) is 2. The number of aliphatic carboxylic acids is 1. The molecule has 0 unspecified atom stereocenters. The predicted octanol–water partition coefficient (Wildman–Crippen LogP) is 1.29. The van der Waals surface area contributed by atoms with E-state index in [1.54, 1.807) is 0 Å². The van der Waals surface area contributed by atoms with Crippen LogP contribution in [0.3, 0.4) is 0 Å².